The van der Waals surface area contributed by atoms with Gasteiger partial charge in [0.05, 0.1) is 12.6 Å². The number of likely N-dealkylation sites (N-methyl/N-ethyl adjacent to an activating group) is 1. The van der Waals surface area contributed by atoms with Crippen LogP contribution in [-0.4, -0.2) is 13.7 Å². The van der Waals surface area contributed by atoms with E-state index in [0.717, 1.165) is 12.5 Å². The van der Waals surface area contributed by atoms with Crippen LogP contribution in [0.4, 0.5) is 8.78 Å². The van der Waals surface area contributed by atoms with Crippen LogP contribution in [0.15, 0.2) is 30.0 Å². The van der Waals surface area contributed by atoms with Crippen molar-refractivity contribution < 1.29 is 13.5 Å². The van der Waals surface area contributed by atoms with E-state index in [9.17, 15) is 8.78 Å². The molecule has 0 aromatic heterocycles. The first kappa shape index (κ1) is 11.1. The number of ether oxygens (including phenoxy) is 1. The first-order chi connectivity index (χ1) is 7.72. The van der Waals surface area contributed by atoms with Gasteiger partial charge in [-0.3, -0.25) is 0 Å². The fourth-order valence-electron chi connectivity index (χ4n) is 1.82. The molecule has 1 atom stereocenters. The molecular formula is C12H13F2NO. The molecular weight excluding hydrogens is 212 g/mol. The van der Waals surface area contributed by atoms with Crippen LogP contribution in [0.25, 0.3) is 0 Å². The lowest BCUT2D eigenvalue weighted by Crippen LogP contribution is -2.20. The van der Waals surface area contributed by atoms with E-state index in [1.807, 2.05) is 6.08 Å². The first-order valence-corrected chi connectivity index (χ1v) is 5.17. The molecule has 0 bridgehead atoms. The van der Waals surface area contributed by atoms with Crippen LogP contribution in [0.2, 0.25) is 0 Å². The molecule has 1 N–H and O–H groups in total. The highest BCUT2D eigenvalue weighted by molar-refractivity contribution is 5.28. The second-order valence-corrected chi connectivity index (χ2v) is 3.63. The van der Waals surface area contributed by atoms with Crippen LogP contribution >= 0.6 is 0 Å². The SMILES string of the molecule is CNC(C1=CCCO1)c1ccc(F)cc1F. The molecule has 4 heteroatoms. The molecule has 0 fully saturated rings. The summed E-state index contributed by atoms with van der Waals surface area (Å²) in [5, 5.41) is 2.96. The van der Waals surface area contributed by atoms with E-state index in [2.05, 4.69) is 5.32 Å². The van der Waals surface area contributed by atoms with Crippen molar-refractivity contribution in [1.82, 2.24) is 5.32 Å². The van der Waals surface area contributed by atoms with Crippen LogP contribution in [0.5, 0.6) is 0 Å². The molecule has 0 spiro atoms. The summed E-state index contributed by atoms with van der Waals surface area (Å²) in [5.41, 5.74) is 0.400. The van der Waals surface area contributed by atoms with Crippen molar-refractivity contribution in [2.75, 3.05) is 13.7 Å². The van der Waals surface area contributed by atoms with Gasteiger partial charge in [0.1, 0.15) is 17.4 Å². The molecule has 0 amide bonds. The Morgan fingerprint density at radius 1 is 1.38 bits per heavy atom. The van der Waals surface area contributed by atoms with Crippen LogP contribution in [0.1, 0.15) is 18.0 Å². The summed E-state index contributed by atoms with van der Waals surface area (Å²) in [6.07, 6.45) is 2.75. The van der Waals surface area contributed by atoms with E-state index < -0.39 is 11.6 Å². The van der Waals surface area contributed by atoms with Gasteiger partial charge in [0.2, 0.25) is 0 Å². The lowest BCUT2D eigenvalue weighted by molar-refractivity contribution is 0.216. The summed E-state index contributed by atoms with van der Waals surface area (Å²) in [5.74, 6) is -0.429. The Morgan fingerprint density at radius 3 is 2.75 bits per heavy atom. The minimum Gasteiger partial charge on any atom is -0.496 e. The molecule has 0 radical (unpaired) electrons. The summed E-state index contributed by atoms with van der Waals surface area (Å²) >= 11 is 0. The van der Waals surface area contributed by atoms with Gasteiger partial charge in [-0.1, -0.05) is 6.07 Å². The van der Waals surface area contributed by atoms with E-state index in [-0.39, 0.29) is 6.04 Å². The lowest BCUT2D eigenvalue weighted by Gasteiger charge is -2.18. The molecule has 1 aliphatic heterocycles. The monoisotopic (exact) mass is 225 g/mol. The van der Waals surface area contributed by atoms with Gasteiger partial charge in [0.15, 0.2) is 0 Å². The highest BCUT2D eigenvalue weighted by atomic mass is 19.1. The lowest BCUT2D eigenvalue weighted by atomic mass is 10.0. The fourth-order valence-corrected chi connectivity index (χ4v) is 1.82. The molecule has 1 aromatic carbocycles. The van der Waals surface area contributed by atoms with Gasteiger partial charge in [-0.25, -0.2) is 8.78 Å². The van der Waals surface area contributed by atoms with Crippen molar-refractivity contribution >= 4 is 0 Å². The fraction of sp³-hybridized carbons (Fsp3) is 0.333. The van der Waals surface area contributed by atoms with Crippen molar-refractivity contribution in [2.24, 2.45) is 0 Å². The minimum absolute atomic E-state index is 0.344. The highest BCUT2D eigenvalue weighted by Crippen LogP contribution is 2.28. The maximum atomic E-state index is 13.6. The maximum Gasteiger partial charge on any atom is 0.131 e. The van der Waals surface area contributed by atoms with Crippen LogP contribution in [-0.2, 0) is 4.74 Å². The average Bonchev–Trinajstić information content (AvgIpc) is 2.75. The van der Waals surface area contributed by atoms with Crippen molar-refractivity contribution in [3.05, 3.63) is 47.2 Å². The van der Waals surface area contributed by atoms with Gasteiger partial charge in [-0.2, -0.15) is 0 Å². The third-order valence-corrected chi connectivity index (χ3v) is 2.58. The average molecular weight is 225 g/mol. The zero-order chi connectivity index (χ0) is 11.5. The largest absolute Gasteiger partial charge is 0.496 e. The van der Waals surface area contributed by atoms with Crippen LogP contribution < -0.4 is 5.32 Å². The molecule has 1 aromatic rings. The van der Waals surface area contributed by atoms with E-state index in [4.69, 9.17) is 4.74 Å². The van der Waals surface area contributed by atoms with Crippen molar-refractivity contribution in [1.29, 1.82) is 0 Å². The molecule has 2 rings (SSSR count). The zero-order valence-electron chi connectivity index (χ0n) is 8.97. The summed E-state index contributed by atoms with van der Waals surface area (Å²) in [6, 6.07) is 3.23. The quantitative estimate of drug-likeness (QED) is 0.853. The topological polar surface area (TPSA) is 21.3 Å². The molecule has 1 heterocycles. The van der Waals surface area contributed by atoms with Gasteiger partial charge in [0.25, 0.3) is 0 Å². The number of hydrogen-bond acceptors (Lipinski definition) is 2. The summed E-state index contributed by atoms with van der Waals surface area (Å²) < 4.78 is 31.7. The Hall–Kier alpha value is -1.42. The normalized spacial score (nSPS) is 16.8. The van der Waals surface area contributed by atoms with E-state index in [1.165, 1.54) is 12.1 Å². The van der Waals surface area contributed by atoms with Gasteiger partial charge in [-0.05, 0) is 19.2 Å². The third-order valence-electron chi connectivity index (χ3n) is 2.58. The predicted octanol–water partition coefficient (Wildman–Crippen LogP) is 2.53. The molecule has 0 saturated carbocycles. The highest BCUT2D eigenvalue weighted by Gasteiger charge is 2.22. The smallest absolute Gasteiger partial charge is 0.131 e. The molecule has 86 valence electrons. The van der Waals surface area contributed by atoms with Gasteiger partial charge in [0, 0.05) is 18.1 Å². The van der Waals surface area contributed by atoms with Gasteiger partial charge in [-0.15, -0.1) is 0 Å². The molecule has 2 nitrogen and oxygen atoms in total. The summed E-state index contributed by atoms with van der Waals surface area (Å²) in [4.78, 5) is 0. The minimum atomic E-state index is -0.572. The van der Waals surface area contributed by atoms with Crippen molar-refractivity contribution in [3.63, 3.8) is 0 Å². The Labute approximate surface area is 92.9 Å². The van der Waals surface area contributed by atoms with Gasteiger partial charge >= 0.3 is 0 Å². The number of rotatable bonds is 3. The first-order valence-electron chi connectivity index (χ1n) is 5.17. The van der Waals surface area contributed by atoms with E-state index >= 15 is 0 Å². The maximum absolute atomic E-state index is 13.6. The Balaban J connectivity index is 2.32. The molecule has 16 heavy (non-hydrogen) atoms. The Morgan fingerprint density at radius 2 is 2.19 bits per heavy atom. The van der Waals surface area contributed by atoms with Crippen molar-refractivity contribution in [2.45, 2.75) is 12.5 Å². The molecule has 1 aliphatic rings. The van der Waals surface area contributed by atoms with E-state index in [1.54, 1.807) is 7.05 Å². The standard InChI is InChI=1S/C12H13F2NO/c1-15-12(11-3-2-6-16-11)9-5-4-8(13)7-10(9)14/h3-5,7,12,15H,2,6H2,1H3. The Bertz CT molecular complexity index is 417. The van der Waals surface area contributed by atoms with Crippen LogP contribution in [0.3, 0.4) is 0 Å². The number of nitrogens with one attached hydrogen (secondary N) is 1. The molecule has 1 unspecified atom stereocenters. The predicted molar refractivity (Wildman–Crippen MR) is 56.8 cm³/mol. The van der Waals surface area contributed by atoms with Crippen molar-refractivity contribution in [3.8, 4) is 0 Å². The Kier molecular flexibility index (Phi) is 3.19. The number of halogens is 2. The van der Waals surface area contributed by atoms with Gasteiger partial charge < -0.3 is 10.1 Å². The second-order valence-electron chi connectivity index (χ2n) is 3.63. The summed E-state index contributed by atoms with van der Waals surface area (Å²) in [6.45, 7) is 0.621. The number of hydrogen-bond donors (Lipinski definition) is 1. The third kappa shape index (κ3) is 2.07. The molecule has 0 aliphatic carbocycles. The number of benzene rings is 1. The zero-order valence-corrected chi connectivity index (χ0v) is 8.97. The second kappa shape index (κ2) is 4.61. The summed E-state index contributed by atoms with van der Waals surface area (Å²) in [7, 11) is 1.72. The molecule has 0 saturated heterocycles. The van der Waals surface area contributed by atoms with Crippen LogP contribution in [0, 0.1) is 11.6 Å². The van der Waals surface area contributed by atoms with E-state index in [0.29, 0.717) is 17.9 Å².